The van der Waals surface area contributed by atoms with E-state index in [-0.39, 0.29) is 22.5 Å². The van der Waals surface area contributed by atoms with Crippen LogP contribution in [0.15, 0.2) is 89.9 Å². The summed E-state index contributed by atoms with van der Waals surface area (Å²) in [6.07, 6.45) is 3.63. The highest BCUT2D eigenvalue weighted by atomic mass is 32.2. The standard InChI is InChI=1S/C27H28O4S/c1-4-9-19(2)16-20(3)31-26(24-12-7-8-13-27(24)32(29)30)18-25(28)23-15-14-21-10-5-6-11-22(21)17-23/h5-8,10-15,17-18,20H,2,4,9,16H2,1,3H3,(H,29,30)/p-1. The molecule has 0 saturated heterocycles. The third-order valence-electron chi connectivity index (χ3n) is 5.14. The Morgan fingerprint density at radius 2 is 1.78 bits per heavy atom. The molecule has 5 heteroatoms. The number of rotatable bonds is 10. The van der Waals surface area contributed by atoms with Crippen LogP contribution in [-0.4, -0.2) is 20.6 Å². The summed E-state index contributed by atoms with van der Waals surface area (Å²) in [5.41, 5.74) is 1.93. The Balaban J connectivity index is 1.98. The van der Waals surface area contributed by atoms with Crippen molar-refractivity contribution in [3.63, 3.8) is 0 Å². The van der Waals surface area contributed by atoms with Gasteiger partial charge in [0.05, 0.1) is 6.10 Å². The molecular weight excluding hydrogens is 420 g/mol. The quantitative estimate of drug-likeness (QED) is 0.118. The summed E-state index contributed by atoms with van der Waals surface area (Å²) < 4.78 is 29.7. The lowest BCUT2D eigenvalue weighted by atomic mass is 10.0. The van der Waals surface area contributed by atoms with Gasteiger partial charge < -0.3 is 9.29 Å². The van der Waals surface area contributed by atoms with Gasteiger partial charge in [0.15, 0.2) is 5.78 Å². The smallest absolute Gasteiger partial charge is 0.189 e. The summed E-state index contributed by atoms with van der Waals surface area (Å²) in [4.78, 5) is 13.2. The van der Waals surface area contributed by atoms with Crippen LogP contribution in [0, 0.1) is 0 Å². The lowest BCUT2D eigenvalue weighted by Gasteiger charge is -2.21. The first-order chi connectivity index (χ1) is 15.4. The number of carbonyl (C=O) groups is 1. The molecule has 0 aromatic heterocycles. The fourth-order valence-corrected chi connectivity index (χ4v) is 4.19. The van der Waals surface area contributed by atoms with E-state index in [1.54, 1.807) is 24.3 Å². The molecule has 0 radical (unpaired) electrons. The molecule has 3 aromatic carbocycles. The Morgan fingerprint density at radius 3 is 2.50 bits per heavy atom. The number of carbonyl (C=O) groups excluding carboxylic acids is 1. The highest BCUT2D eigenvalue weighted by Gasteiger charge is 2.16. The first-order valence-corrected chi connectivity index (χ1v) is 11.7. The maximum atomic E-state index is 13.1. The van der Waals surface area contributed by atoms with Gasteiger partial charge in [-0.2, -0.15) is 0 Å². The molecule has 2 atom stereocenters. The van der Waals surface area contributed by atoms with Crippen molar-refractivity contribution in [2.45, 2.75) is 44.1 Å². The Bertz CT molecular complexity index is 1180. The Hall–Kier alpha value is -3.02. The molecule has 166 valence electrons. The number of allylic oxidation sites excluding steroid dienone is 1. The van der Waals surface area contributed by atoms with Gasteiger partial charge in [0.2, 0.25) is 0 Å². The van der Waals surface area contributed by atoms with Crippen molar-refractivity contribution in [2.24, 2.45) is 0 Å². The molecule has 3 rings (SSSR count). The lowest BCUT2D eigenvalue weighted by molar-refractivity contribution is 0.104. The Morgan fingerprint density at radius 1 is 1.09 bits per heavy atom. The van der Waals surface area contributed by atoms with Crippen LogP contribution in [0.1, 0.15) is 49.0 Å². The summed E-state index contributed by atoms with van der Waals surface area (Å²) in [6.45, 7) is 8.06. The van der Waals surface area contributed by atoms with Crippen LogP contribution in [0.25, 0.3) is 16.5 Å². The number of ether oxygens (including phenoxy) is 1. The zero-order valence-corrected chi connectivity index (χ0v) is 19.2. The van der Waals surface area contributed by atoms with Crippen LogP contribution in [0.5, 0.6) is 0 Å². The summed E-state index contributed by atoms with van der Waals surface area (Å²) in [6, 6.07) is 19.8. The molecular formula is C27H27O4S-. The van der Waals surface area contributed by atoms with Gasteiger partial charge in [-0.15, -0.1) is 0 Å². The molecule has 0 spiro atoms. The molecule has 4 nitrogen and oxygen atoms in total. The fraction of sp³-hybridized carbons (Fsp3) is 0.222. The van der Waals surface area contributed by atoms with Crippen LogP contribution < -0.4 is 0 Å². The molecule has 32 heavy (non-hydrogen) atoms. The Kier molecular flexibility index (Phi) is 8.14. The van der Waals surface area contributed by atoms with Crippen molar-refractivity contribution in [1.29, 1.82) is 0 Å². The molecule has 0 saturated carbocycles. The van der Waals surface area contributed by atoms with Crippen molar-refractivity contribution in [2.75, 3.05) is 0 Å². The minimum atomic E-state index is -2.47. The van der Waals surface area contributed by atoms with Gasteiger partial charge in [-0.25, -0.2) is 0 Å². The van der Waals surface area contributed by atoms with Crippen LogP contribution in [0.3, 0.4) is 0 Å². The molecule has 0 aliphatic heterocycles. The summed E-state index contributed by atoms with van der Waals surface area (Å²) in [5.74, 6) is -0.0171. The monoisotopic (exact) mass is 447 g/mol. The van der Waals surface area contributed by atoms with Gasteiger partial charge in [0, 0.05) is 28.5 Å². The van der Waals surface area contributed by atoms with E-state index in [0.29, 0.717) is 17.5 Å². The van der Waals surface area contributed by atoms with Crippen molar-refractivity contribution in [3.8, 4) is 0 Å². The number of fused-ring (bicyclic) bond motifs is 1. The maximum Gasteiger partial charge on any atom is 0.189 e. The fourth-order valence-electron chi connectivity index (χ4n) is 3.66. The van der Waals surface area contributed by atoms with Gasteiger partial charge in [0.25, 0.3) is 0 Å². The van der Waals surface area contributed by atoms with Gasteiger partial charge in [-0.1, -0.05) is 80.1 Å². The van der Waals surface area contributed by atoms with E-state index in [4.69, 9.17) is 4.74 Å². The number of ketones is 1. The average Bonchev–Trinajstić information content (AvgIpc) is 2.78. The second-order valence-corrected chi connectivity index (χ2v) is 8.71. The summed E-state index contributed by atoms with van der Waals surface area (Å²) in [5, 5.41) is 2.00. The minimum absolute atomic E-state index is 0.0876. The van der Waals surface area contributed by atoms with Crippen molar-refractivity contribution in [3.05, 3.63) is 96.1 Å². The van der Waals surface area contributed by atoms with E-state index < -0.39 is 11.1 Å². The Labute approximate surface area is 191 Å². The van der Waals surface area contributed by atoms with E-state index in [2.05, 4.69) is 13.5 Å². The number of benzene rings is 3. The largest absolute Gasteiger partial charge is 0.768 e. The van der Waals surface area contributed by atoms with Crippen molar-refractivity contribution >= 4 is 33.4 Å². The van der Waals surface area contributed by atoms with Crippen LogP contribution >= 0.6 is 0 Å². The van der Waals surface area contributed by atoms with Gasteiger partial charge in [0.1, 0.15) is 5.76 Å². The van der Waals surface area contributed by atoms with Crippen molar-refractivity contribution < 1.29 is 18.3 Å². The predicted octanol–water partition coefficient (Wildman–Crippen LogP) is 6.45. The molecule has 3 aromatic rings. The minimum Gasteiger partial charge on any atom is -0.768 e. The third kappa shape index (κ3) is 6.02. The molecule has 0 bridgehead atoms. The number of hydrogen-bond acceptors (Lipinski definition) is 4. The molecule has 0 fully saturated rings. The zero-order valence-electron chi connectivity index (χ0n) is 18.4. The molecule has 2 unspecified atom stereocenters. The van der Waals surface area contributed by atoms with Crippen LogP contribution in [-0.2, 0) is 15.8 Å². The van der Waals surface area contributed by atoms with Crippen molar-refractivity contribution in [1.82, 2.24) is 0 Å². The average molecular weight is 448 g/mol. The van der Waals surface area contributed by atoms with E-state index in [0.717, 1.165) is 29.2 Å². The highest BCUT2D eigenvalue weighted by Crippen LogP contribution is 2.27. The van der Waals surface area contributed by atoms with E-state index in [1.807, 2.05) is 43.3 Å². The summed E-state index contributed by atoms with van der Waals surface area (Å²) >= 11 is -2.47. The molecule has 0 aliphatic rings. The van der Waals surface area contributed by atoms with Gasteiger partial charge in [-0.05, 0) is 47.3 Å². The second-order valence-electron chi connectivity index (χ2n) is 7.80. The molecule has 0 N–H and O–H groups in total. The van der Waals surface area contributed by atoms with Crippen LogP contribution in [0.4, 0.5) is 0 Å². The first-order valence-electron chi connectivity index (χ1n) is 10.7. The topological polar surface area (TPSA) is 66.4 Å². The third-order valence-corrected chi connectivity index (χ3v) is 5.85. The van der Waals surface area contributed by atoms with E-state index in [9.17, 15) is 13.6 Å². The summed E-state index contributed by atoms with van der Waals surface area (Å²) in [7, 11) is 0. The lowest BCUT2D eigenvalue weighted by Crippen LogP contribution is -2.11. The van der Waals surface area contributed by atoms with E-state index in [1.165, 1.54) is 12.1 Å². The second kappa shape index (κ2) is 11.0. The molecule has 0 heterocycles. The molecule has 0 aliphatic carbocycles. The zero-order chi connectivity index (χ0) is 23.1. The van der Waals surface area contributed by atoms with E-state index >= 15 is 0 Å². The molecule has 0 amide bonds. The maximum absolute atomic E-state index is 13.1. The highest BCUT2D eigenvalue weighted by molar-refractivity contribution is 7.79. The SMILES string of the molecule is C=C(CCC)CC(C)OC(=CC(=O)c1ccc2ccccc2c1)c1ccccc1S(=O)[O-]. The van der Waals surface area contributed by atoms with Crippen LogP contribution in [0.2, 0.25) is 0 Å². The normalized spacial score (nSPS) is 13.5. The van der Waals surface area contributed by atoms with Gasteiger partial charge in [-0.3, -0.25) is 9.00 Å². The van der Waals surface area contributed by atoms with Gasteiger partial charge >= 0.3 is 0 Å². The first kappa shape index (κ1) is 23.6. The number of hydrogen-bond donors (Lipinski definition) is 0. The predicted molar refractivity (Wildman–Crippen MR) is 129 cm³/mol.